The summed E-state index contributed by atoms with van der Waals surface area (Å²) in [5.74, 6) is 3.19. The molecule has 0 saturated heterocycles. The first kappa shape index (κ1) is 19.8. The van der Waals surface area contributed by atoms with E-state index in [1.165, 1.54) is 0 Å². The molecule has 0 bridgehead atoms. The standard InChI is InChI=1S/C21H29NO4/c1-6-23-16-10-12-20(25-8-3)18(14-16)22(5)19-15-17(24-7-2)11-13-21(19)26-9-4/h10-15H,6-9H2,1-5H3. The maximum Gasteiger partial charge on any atom is 0.143 e. The molecule has 142 valence electrons. The Morgan fingerprint density at radius 3 is 1.35 bits per heavy atom. The van der Waals surface area contributed by atoms with Crippen LogP contribution < -0.4 is 23.8 Å². The van der Waals surface area contributed by atoms with Crippen molar-refractivity contribution in [1.82, 2.24) is 0 Å². The van der Waals surface area contributed by atoms with E-state index in [0.717, 1.165) is 34.4 Å². The van der Waals surface area contributed by atoms with Gasteiger partial charge in [-0.3, -0.25) is 0 Å². The summed E-state index contributed by atoms with van der Waals surface area (Å²) in [5, 5.41) is 0. The molecule has 0 unspecified atom stereocenters. The molecule has 2 rings (SSSR count). The lowest BCUT2D eigenvalue weighted by molar-refractivity contribution is 0.329. The zero-order valence-electron chi connectivity index (χ0n) is 16.4. The van der Waals surface area contributed by atoms with Gasteiger partial charge in [0, 0.05) is 19.2 Å². The van der Waals surface area contributed by atoms with Gasteiger partial charge in [-0.25, -0.2) is 0 Å². The van der Waals surface area contributed by atoms with E-state index in [1.807, 2.05) is 76.0 Å². The average molecular weight is 359 g/mol. The molecule has 0 heterocycles. The van der Waals surface area contributed by atoms with Crippen molar-refractivity contribution in [2.45, 2.75) is 27.7 Å². The van der Waals surface area contributed by atoms with Crippen LogP contribution >= 0.6 is 0 Å². The minimum absolute atomic E-state index is 0.589. The summed E-state index contributed by atoms with van der Waals surface area (Å²) in [5.41, 5.74) is 1.82. The van der Waals surface area contributed by atoms with Gasteiger partial charge in [-0.1, -0.05) is 0 Å². The van der Waals surface area contributed by atoms with Gasteiger partial charge in [0.25, 0.3) is 0 Å². The van der Waals surface area contributed by atoms with Crippen molar-refractivity contribution in [2.24, 2.45) is 0 Å². The van der Waals surface area contributed by atoms with E-state index in [-0.39, 0.29) is 0 Å². The maximum absolute atomic E-state index is 5.82. The summed E-state index contributed by atoms with van der Waals surface area (Å²) < 4.78 is 23.0. The Labute approximate surface area is 156 Å². The summed E-state index contributed by atoms with van der Waals surface area (Å²) >= 11 is 0. The number of nitrogens with zero attached hydrogens (tertiary/aromatic N) is 1. The fraction of sp³-hybridized carbons (Fsp3) is 0.429. The quantitative estimate of drug-likeness (QED) is 0.594. The predicted molar refractivity (Wildman–Crippen MR) is 106 cm³/mol. The number of hydrogen-bond acceptors (Lipinski definition) is 5. The molecule has 0 radical (unpaired) electrons. The molecule has 5 heteroatoms. The number of ether oxygens (including phenoxy) is 4. The van der Waals surface area contributed by atoms with Gasteiger partial charge >= 0.3 is 0 Å². The molecule has 0 saturated carbocycles. The topological polar surface area (TPSA) is 40.2 Å². The predicted octanol–water partition coefficient (Wildman–Crippen LogP) is 5.05. The first-order valence-electron chi connectivity index (χ1n) is 9.17. The molecule has 0 aliphatic heterocycles. The molecule has 26 heavy (non-hydrogen) atoms. The van der Waals surface area contributed by atoms with Gasteiger partial charge < -0.3 is 23.8 Å². The van der Waals surface area contributed by atoms with Crippen LogP contribution in [-0.4, -0.2) is 33.5 Å². The van der Waals surface area contributed by atoms with Crippen molar-refractivity contribution >= 4 is 11.4 Å². The SMILES string of the molecule is CCOc1ccc(OCC)c(N(C)c2cc(OCC)ccc2OCC)c1. The first-order valence-corrected chi connectivity index (χ1v) is 9.17. The Morgan fingerprint density at radius 1 is 0.615 bits per heavy atom. The van der Waals surface area contributed by atoms with Crippen LogP contribution in [0.25, 0.3) is 0 Å². The van der Waals surface area contributed by atoms with Crippen molar-refractivity contribution in [3.05, 3.63) is 36.4 Å². The van der Waals surface area contributed by atoms with E-state index < -0.39 is 0 Å². The second-order valence-corrected chi connectivity index (χ2v) is 5.55. The fourth-order valence-electron chi connectivity index (χ4n) is 2.72. The van der Waals surface area contributed by atoms with Gasteiger partial charge in [-0.2, -0.15) is 0 Å². The Bertz CT molecular complexity index is 643. The molecule has 0 aliphatic carbocycles. The van der Waals surface area contributed by atoms with E-state index in [2.05, 4.69) is 0 Å². The molecule has 0 aliphatic rings. The largest absolute Gasteiger partial charge is 0.494 e. The first-order chi connectivity index (χ1) is 12.6. The minimum Gasteiger partial charge on any atom is -0.494 e. The van der Waals surface area contributed by atoms with Gasteiger partial charge in [-0.05, 0) is 52.0 Å². The van der Waals surface area contributed by atoms with E-state index >= 15 is 0 Å². The number of anilines is 2. The zero-order chi connectivity index (χ0) is 18.9. The van der Waals surface area contributed by atoms with Crippen LogP contribution in [0.15, 0.2) is 36.4 Å². The highest BCUT2D eigenvalue weighted by Gasteiger charge is 2.17. The molecule has 2 aromatic rings. The molecule has 2 aromatic carbocycles. The van der Waals surface area contributed by atoms with E-state index in [9.17, 15) is 0 Å². The third kappa shape index (κ3) is 4.75. The van der Waals surface area contributed by atoms with Gasteiger partial charge in [0.15, 0.2) is 0 Å². The van der Waals surface area contributed by atoms with E-state index in [4.69, 9.17) is 18.9 Å². The number of benzene rings is 2. The normalized spacial score (nSPS) is 10.3. The lowest BCUT2D eigenvalue weighted by Gasteiger charge is -2.25. The smallest absolute Gasteiger partial charge is 0.143 e. The Balaban J connectivity index is 2.50. The van der Waals surface area contributed by atoms with Crippen LogP contribution in [0.2, 0.25) is 0 Å². The van der Waals surface area contributed by atoms with Crippen LogP contribution in [-0.2, 0) is 0 Å². The summed E-state index contributed by atoms with van der Waals surface area (Å²) in [6, 6.07) is 11.7. The summed E-state index contributed by atoms with van der Waals surface area (Å²) in [6.07, 6.45) is 0. The second-order valence-electron chi connectivity index (χ2n) is 5.55. The van der Waals surface area contributed by atoms with E-state index in [0.29, 0.717) is 26.4 Å². The van der Waals surface area contributed by atoms with Crippen molar-refractivity contribution in [1.29, 1.82) is 0 Å². The Morgan fingerprint density at radius 2 is 1.00 bits per heavy atom. The Kier molecular flexibility index (Phi) is 7.45. The van der Waals surface area contributed by atoms with Gasteiger partial charge in [0.2, 0.25) is 0 Å². The number of hydrogen-bond donors (Lipinski definition) is 0. The lowest BCUT2D eigenvalue weighted by atomic mass is 10.2. The van der Waals surface area contributed by atoms with Crippen molar-refractivity contribution < 1.29 is 18.9 Å². The van der Waals surface area contributed by atoms with E-state index in [1.54, 1.807) is 0 Å². The van der Waals surface area contributed by atoms with Crippen LogP contribution in [0, 0.1) is 0 Å². The third-order valence-electron chi connectivity index (χ3n) is 3.81. The molecule has 0 amide bonds. The summed E-state index contributed by atoms with van der Waals surface area (Å²) in [6.45, 7) is 10.3. The average Bonchev–Trinajstić information content (AvgIpc) is 2.64. The molecular formula is C21H29NO4. The fourth-order valence-corrected chi connectivity index (χ4v) is 2.72. The molecule has 0 fully saturated rings. The van der Waals surface area contributed by atoms with Crippen molar-refractivity contribution in [3.63, 3.8) is 0 Å². The zero-order valence-corrected chi connectivity index (χ0v) is 16.4. The lowest BCUT2D eigenvalue weighted by Crippen LogP contribution is -2.13. The molecule has 0 spiro atoms. The molecule has 0 N–H and O–H groups in total. The summed E-state index contributed by atoms with van der Waals surface area (Å²) in [7, 11) is 1.99. The highest BCUT2D eigenvalue weighted by Crippen LogP contribution is 2.41. The van der Waals surface area contributed by atoms with Crippen LogP contribution in [0.1, 0.15) is 27.7 Å². The van der Waals surface area contributed by atoms with Crippen molar-refractivity contribution in [2.75, 3.05) is 38.4 Å². The number of rotatable bonds is 10. The Hall–Kier alpha value is -2.56. The third-order valence-corrected chi connectivity index (χ3v) is 3.81. The van der Waals surface area contributed by atoms with Crippen LogP contribution in [0.4, 0.5) is 11.4 Å². The van der Waals surface area contributed by atoms with Crippen LogP contribution in [0.3, 0.4) is 0 Å². The van der Waals surface area contributed by atoms with Gasteiger partial charge in [0.1, 0.15) is 23.0 Å². The minimum atomic E-state index is 0.589. The monoisotopic (exact) mass is 359 g/mol. The molecular weight excluding hydrogens is 330 g/mol. The van der Waals surface area contributed by atoms with Gasteiger partial charge in [-0.15, -0.1) is 0 Å². The van der Waals surface area contributed by atoms with Gasteiger partial charge in [0.05, 0.1) is 37.8 Å². The highest BCUT2D eigenvalue weighted by molar-refractivity contribution is 5.75. The summed E-state index contributed by atoms with van der Waals surface area (Å²) in [4.78, 5) is 2.04. The molecule has 0 atom stereocenters. The maximum atomic E-state index is 5.82. The van der Waals surface area contributed by atoms with Crippen molar-refractivity contribution in [3.8, 4) is 23.0 Å². The second kappa shape index (κ2) is 9.80. The highest BCUT2D eigenvalue weighted by atomic mass is 16.5. The molecule has 0 aromatic heterocycles. The van der Waals surface area contributed by atoms with Crippen LogP contribution in [0.5, 0.6) is 23.0 Å². The molecule has 5 nitrogen and oxygen atoms in total.